The molecule has 1 aliphatic carbocycles. The monoisotopic (exact) mass is 392 g/mol. The highest BCUT2D eigenvalue weighted by atomic mass is 16.5. The van der Waals surface area contributed by atoms with E-state index in [2.05, 4.69) is 38.1 Å². The van der Waals surface area contributed by atoms with Crippen LogP contribution in [0.15, 0.2) is 42.5 Å². The molecule has 1 atom stereocenters. The predicted molar refractivity (Wildman–Crippen MR) is 121 cm³/mol. The quantitative estimate of drug-likeness (QED) is 0.240. The predicted octanol–water partition coefficient (Wildman–Crippen LogP) is 7.32. The third-order valence-electron chi connectivity index (χ3n) is 6.19. The van der Waals surface area contributed by atoms with Gasteiger partial charge in [0, 0.05) is 0 Å². The Labute approximate surface area is 176 Å². The zero-order chi connectivity index (χ0) is 20.5. The molecule has 0 aliphatic heterocycles. The molecule has 0 radical (unpaired) electrons. The third kappa shape index (κ3) is 6.45. The summed E-state index contributed by atoms with van der Waals surface area (Å²) in [5, 5.41) is 0. The van der Waals surface area contributed by atoms with Gasteiger partial charge in [-0.3, -0.25) is 0 Å². The molecule has 0 N–H and O–H groups in total. The van der Waals surface area contributed by atoms with Crippen molar-refractivity contribution in [2.75, 3.05) is 0 Å². The molecule has 2 heteroatoms. The lowest BCUT2D eigenvalue weighted by Crippen LogP contribution is -2.16. The fourth-order valence-corrected chi connectivity index (χ4v) is 4.36. The summed E-state index contributed by atoms with van der Waals surface area (Å²) in [5.74, 6) is 1.18. The van der Waals surface area contributed by atoms with Gasteiger partial charge >= 0.3 is 5.97 Å². The molecule has 2 aromatic carbocycles. The van der Waals surface area contributed by atoms with E-state index in [4.69, 9.17) is 4.74 Å². The van der Waals surface area contributed by atoms with Gasteiger partial charge in [0.15, 0.2) is 0 Å². The number of rotatable bonds is 10. The molecular weight excluding hydrogens is 356 g/mol. The first-order valence-corrected chi connectivity index (χ1v) is 11.6. The van der Waals surface area contributed by atoms with Gasteiger partial charge < -0.3 is 4.74 Å². The molecule has 0 amide bonds. The van der Waals surface area contributed by atoms with E-state index in [9.17, 15) is 4.79 Å². The minimum Gasteiger partial charge on any atom is -0.423 e. The highest BCUT2D eigenvalue weighted by Crippen LogP contribution is 2.30. The summed E-state index contributed by atoms with van der Waals surface area (Å²) in [6.07, 6.45) is 13.6. The molecular formula is C27H36O2. The second-order valence-corrected chi connectivity index (χ2v) is 8.58. The van der Waals surface area contributed by atoms with Gasteiger partial charge in [0.1, 0.15) is 5.75 Å². The molecule has 0 spiro atoms. The van der Waals surface area contributed by atoms with Gasteiger partial charge in [0.25, 0.3) is 0 Å². The van der Waals surface area contributed by atoms with Crippen molar-refractivity contribution in [1.82, 2.24) is 0 Å². The fraction of sp³-hybridized carbons (Fsp3) is 0.519. The molecule has 156 valence electrons. The zero-order valence-electron chi connectivity index (χ0n) is 18.2. The topological polar surface area (TPSA) is 26.3 Å². The van der Waals surface area contributed by atoms with E-state index < -0.39 is 0 Å². The van der Waals surface area contributed by atoms with Crippen molar-refractivity contribution in [2.45, 2.75) is 84.5 Å². The molecule has 0 heterocycles. The van der Waals surface area contributed by atoms with Crippen molar-refractivity contribution in [1.29, 1.82) is 0 Å². The molecule has 0 aromatic heterocycles. The number of carbonyl (C=O) groups is 1. The lowest BCUT2D eigenvalue weighted by molar-refractivity contribution is 0.0734. The minimum atomic E-state index is -0.253. The van der Waals surface area contributed by atoms with Gasteiger partial charge in [-0.05, 0) is 79.0 Å². The molecule has 0 fully saturated rings. The maximum atomic E-state index is 12.6. The van der Waals surface area contributed by atoms with Crippen LogP contribution in [0.3, 0.4) is 0 Å². The Balaban J connectivity index is 1.55. The summed E-state index contributed by atoms with van der Waals surface area (Å²) < 4.78 is 5.62. The number of hydrogen-bond donors (Lipinski definition) is 0. The van der Waals surface area contributed by atoms with E-state index in [-0.39, 0.29) is 5.97 Å². The van der Waals surface area contributed by atoms with E-state index in [1.807, 2.05) is 18.2 Å². The van der Waals surface area contributed by atoms with Crippen molar-refractivity contribution in [3.05, 3.63) is 64.7 Å². The average molecular weight is 393 g/mol. The van der Waals surface area contributed by atoms with Crippen LogP contribution >= 0.6 is 0 Å². The van der Waals surface area contributed by atoms with Crippen LogP contribution in [0.4, 0.5) is 0 Å². The molecule has 0 bridgehead atoms. The number of esters is 1. The Kier molecular flexibility index (Phi) is 8.34. The van der Waals surface area contributed by atoms with Crippen molar-refractivity contribution >= 4 is 5.97 Å². The van der Waals surface area contributed by atoms with Crippen LogP contribution in [0.25, 0.3) is 0 Å². The Morgan fingerprint density at radius 3 is 2.45 bits per heavy atom. The number of benzene rings is 2. The van der Waals surface area contributed by atoms with E-state index in [1.165, 1.54) is 68.1 Å². The number of unbranched alkanes of at least 4 members (excludes halogenated alkanes) is 4. The van der Waals surface area contributed by atoms with E-state index >= 15 is 0 Å². The number of ether oxygens (including phenoxy) is 1. The molecule has 1 unspecified atom stereocenters. The average Bonchev–Trinajstić information content (AvgIpc) is 2.75. The van der Waals surface area contributed by atoms with Crippen molar-refractivity contribution in [3.63, 3.8) is 0 Å². The maximum absolute atomic E-state index is 12.6. The smallest absolute Gasteiger partial charge is 0.343 e. The summed E-state index contributed by atoms with van der Waals surface area (Å²) in [6, 6.07) is 14.1. The van der Waals surface area contributed by atoms with Crippen molar-refractivity contribution in [3.8, 4) is 5.75 Å². The Morgan fingerprint density at radius 1 is 0.931 bits per heavy atom. The first-order chi connectivity index (χ1) is 14.2. The number of carbonyl (C=O) groups excluding carboxylic acids is 1. The lowest BCUT2D eigenvalue weighted by Gasteiger charge is -2.25. The molecule has 0 saturated heterocycles. The highest BCUT2D eigenvalue weighted by molar-refractivity contribution is 5.91. The number of aryl methyl sites for hydroxylation is 2. The van der Waals surface area contributed by atoms with Crippen LogP contribution in [0.1, 0.15) is 92.3 Å². The summed E-state index contributed by atoms with van der Waals surface area (Å²) in [4.78, 5) is 12.6. The standard InChI is InChI=1S/C27H36O2/c1-3-5-7-9-21-12-17-26(18-13-21)29-27(28)25-16-15-23-19-22(10-8-6-4-2)11-14-24(23)20-25/h12-13,15-18,20,22H,3-11,14,19H2,1-2H3. The van der Waals surface area contributed by atoms with Crippen LogP contribution in [0, 0.1) is 5.92 Å². The molecule has 1 aliphatic rings. The second kappa shape index (κ2) is 11.2. The van der Waals surface area contributed by atoms with Gasteiger partial charge in [-0.2, -0.15) is 0 Å². The molecule has 0 saturated carbocycles. The van der Waals surface area contributed by atoms with E-state index in [0.717, 1.165) is 25.2 Å². The zero-order valence-corrected chi connectivity index (χ0v) is 18.2. The van der Waals surface area contributed by atoms with Gasteiger partial charge in [0.2, 0.25) is 0 Å². The largest absolute Gasteiger partial charge is 0.423 e. The minimum absolute atomic E-state index is 0.253. The van der Waals surface area contributed by atoms with Crippen LogP contribution in [0.5, 0.6) is 5.75 Å². The summed E-state index contributed by atoms with van der Waals surface area (Å²) in [6.45, 7) is 4.48. The lowest BCUT2D eigenvalue weighted by atomic mass is 9.81. The highest BCUT2D eigenvalue weighted by Gasteiger charge is 2.20. The van der Waals surface area contributed by atoms with Crippen molar-refractivity contribution < 1.29 is 9.53 Å². The van der Waals surface area contributed by atoms with E-state index in [0.29, 0.717) is 11.3 Å². The molecule has 2 nitrogen and oxygen atoms in total. The van der Waals surface area contributed by atoms with Crippen LogP contribution in [-0.2, 0) is 19.3 Å². The third-order valence-corrected chi connectivity index (χ3v) is 6.19. The second-order valence-electron chi connectivity index (χ2n) is 8.58. The molecule has 3 rings (SSSR count). The number of fused-ring (bicyclic) bond motifs is 1. The maximum Gasteiger partial charge on any atom is 0.343 e. The normalized spacial score (nSPS) is 15.7. The van der Waals surface area contributed by atoms with Gasteiger partial charge in [0.05, 0.1) is 5.56 Å². The fourth-order valence-electron chi connectivity index (χ4n) is 4.36. The van der Waals surface area contributed by atoms with Crippen molar-refractivity contribution in [2.24, 2.45) is 5.92 Å². The number of hydrogen-bond acceptors (Lipinski definition) is 2. The Bertz CT molecular complexity index is 776. The van der Waals surface area contributed by atoms with Crippen LogP contribution < -0.4 is 4.74 Å². The first kappa shape index (κ1) is 21.6. The van der Waals surface area contributed by atoms with Gasteiger partial charge in [-0.25, -0.2) is 4.79 Å². The Morgan fingerprint density at radius 2 is 1.69 bits per heavy atom. The van der Waals surface area contributed by atoms with Crippen LogP contribution in [-0.4, -0.2) is 5.97 Å². The van der Waals surface area contributed by atoms with Gasteiger partial charge in [-0.1, -0.05) is 70.6 Å². The van der Waals surface area contributed by atoms with E-state index in [1.54, 1.807) is 0 Å². The van der Waals surface area contributed by atoms with Crippen LogP contribution in [0.2, 0.25) is 0 Å². The summed E-state index contributed by atoms with van der Waals surface area (Å²) in [5.41, 5.74) is 4.73. The summed E-state index contributed by atoms with van der Waals surface area (Å²) >= 11 is 0. The molecule has 2 aromatic rings. The molecule has 29 heavy (non-hydrogen) atoms. The SMILES string of the molecule is CCCCCc1ccc(OC(=O)c2ccc3c(c2)CCC(CCCCC)C3)cc1. The Hall–Kier alpha value is -2.09. The summed E-state index contributed by atoms with van der Waals surface area (Å²) in [7, 11) is 0. The van der Waals surface area contributed by atoms with Gasteiger partial charge in [-0.15, -0.1) is 0 Å². The first-order valence-electron chi connectivity index (χ1n) is 11.6.